The zero-order chi connectivity index (χ0) is 18.9. The lowest BCUT2D eigenvalue weighted by molar-refractivity contribution is -0.145. The molecule has 7 heteroatoms. The molecular weight excluding hydrogens is 344 g/mol. The van der Waals surface area contributed by atoms with Crippen LogP contribution in [0.5, 0.6) is 0 Å². The predicted molar refractivity (Wildman–Crippen MR) is 99.1 cm³/mol. The fraction of sp³-hybridized carbons (Fsp3) is 0.550. The van der Waals surface area contributed by atoms with Crippen LogP contribution in [0.25, 0.3) is 0 Å². The first kappa shape index (κ1) is 17.8. The molecule has 2 aliphatic rings. The van der Waals surface area contributed by atoms with Crippen molar-refractivity contribution < 1.29 is 14.0 Å². The molecule has 0 radical (unpaired) electrons. The Morgan fingerprint density at radius 3 is 2.96 bits per heavy atom. The molecule has 0 saturated carbocycles. The van der Waals surface area contributed by atoms with Gasteiger partial charge in [-0.3, -0.25) is 9.59 Å². The summed E-state index contributed by atoms with van der Waals surface area (Å²) >= 11 is 0. The van der Waals surface area contributed by atoms with Crippen molar-refractivity contribution in [3.63, 3.8) is 0 Å². The Balaban J connectivity index is 1.43. The molecule has 2 aliphatic heterocycles. The number of likely N-dealkylation sites (tertiary alicyclic amines) is 2. The van der Waals surface area contributed by atoms with E-state index in [0.717, 1.165) is 38.8 Å². The summed E-state index contributed by atoms with van der Waals surface area (Å²) in [6.07, 6.45) is 8.89. The Kier molecular flexibility index (Phi) is 4.76. The number of furan rings is 1. The van der Waals surface area contributed by atoms with Crippen LogP contribution in [0.4, 0.5) is 0 Å². The van der Waals surface area contributed by atoms with Crippen molar-refractivity contribution in [1.29, 1.82) is 0 Å². The largest absolute Gasteiger partial charge is 0.454 e. The molecule has 144 valence electrons. The van der Waals surface area contributed by atoms with Crippen molar-refractivity contribution in [3.8, 4) is 0 Å². The highest BCUT2D eigenvalue weighted by molar-refractivity contribution is 5.93. The summed E-state index contributed by atoms with van der Waals surface area (Å²) in [6.45, 7) is 5.41. The molecule has 27 heavy (non-hydrogen) atoms. The number of hydrogen-bond acceptors (Lipinski definition) is 4. The zero-order valence-corrected chi connectivity index (χ0v) is 15.8. The summed E-state index contributed by atoms with van der Waals surface area (Å²) in [4.78, 5) is 33.6. The van der Waals surface area contributed by atoms with E-state index in [1.54, 1.807) is 23.5 Å². The van der Waals surface area contributed by atoms with Crippen LogP contribution in [0.2, 0.25) is 0 Å². The normalized spacial score (nSPS) is 22.8. The van der Waals surface area contributed by atoms with Gasteiger partial charge in [-0.15, -0.1) is 0 Å². The Hall–Kier alpha value is -2.57. The third kappa shape index (κ3) is 3.38. The molecular formula is C20H26N4O3. The van der Waals surface area contributed by atoms with Gasteiger partial charge in [-0.05, 0) is 37.8 Å². The van der Waals surface area contributed by atoms with Gasteiger partial charge in [-0.25, -0.2) is 4.98 Å². The van der Waals surface area contributed by atoms with E-state index >= 15 is 0 Å². The number of carbonyl (C=O) groups is 2. The van der Waals surface area contributed by atoms with Crippen molar-refractivity contribution in [2.45, 2.75) is 39.2 Å². The number of rotatable bonds is 5. The number of nitrogens with zero attached hydrogens (tertiary/aromatic N) is 4. The van der Waals surface area contributed by atoms with E-state index in [1.165, 1.54) is 0 Å². The third-order valence-corrected chi connectivity index (χ3v) is 5.73. The van der Waals surface area contributed by atoms with E-state index in [2.05, 4.69) is 11.9 Å². The number of hydrogen-bond donors (Lipinski definition) is 0. The molecule has 0 unspecified atom stereocenters. The van der Waals surface area contributed by atoms with Crippen molar-refractivity contribution in [2.75, 3.05) is 26.2 Å². The number of carbonyl (C=O) groups excluding carboxylic acids is 2. The lowest BCUT2D eigenvalue weighted by Crippen LogP contribution is -2.50. The zero-order valence-electron chi connectivity index (χ0n) is 15.8. The minimum Gasteiger partial charge on any atom is -0.454 e. The molecule has 0 aromatic carbocycles. The van der Waals surface area contributed by atoms with Crippen LogP contribution in [-0.2, 0) is 11.3 Å². The summed E-state index contributed by atoms with van der Waals surface area (Å²) in [6, 6.07) is 3.56. The fourth-order valence-electron chi connectivity index (χ4n) is 4.35. The van der Waals surface area contributed by atoms with Gasteiger partial charge in [-0.2, -0.15) is 0 Å². The summed E-state index contributed by atoms with van der Waals surface area (Å²) in [5.41, 5.74) is -0.394. The summed E-state index contributed by atoms with van der Waals surface area (Å²) in [7, 11) is 0. The molecule has 2 amide bonds. The van der Waals surface area contributed by atoms with Gasteiger partial charge in [0.2, 0.25) is 5.91 Å². The van der Waals surface area contributed by atoms with Crippen LogP contribution in [0, 0.1) is 5.41 Å². The van der Waals surface area contributed by atoms with Gasteiger partial charge >= 0.3 is 0 Å². The molecule has 2 aromatic rings. The average molecular weight is 370 g/mol. The summed E-state index contributed by atoms with van der Waals surface area (Å²) in [5, 5.41) is 0. The topological polar surface area (TPSA) is 71.6 Å². The number of aromatic nitrogens is 2. The van der Waals surface area contributed by atoms with Gasteiger partial charge in [0, 0.05) is 38.6 Å². The van der Waals surface area contributed by atoms with E-state index < -0.39 is 5.41 Å². The van der Waals surface area contributed by atoms with Crippen molar-refractivity contribution >= 4 is 11.8 Å². The molecule has 1 atom stereocenters. The predicted octanol–water partition coefficient (Wildman–Crippen LogP) is 2.39. The Bertz CT molecular complexity index is 811. The van der Waals surface area contributed by atoms with E-state index in [9.17, 15) is 9.59 Å². The first-order valence-corrected chi connectivity index (χ1v) is 9.74. The van der Waals surface area contributed by atoms with E-state index in [0.29, 0.717) is 31.2 Å². The lowest BCUT2D eigenvalue weighted by atomic mass is 9.78. The van der Waals surface area contributed by atoms with Gasteiger partial charge in [0.25, 0.3) is 5.91 Å². The van der Waals surface area contributed by atoms with Gasteiger partial charge in [0.15, 0.2) is 5.76 Å². The second-order valence-electron chi connectivity index (χ2n) is 7.65. The van der Waals surface area contributed by atoms with E-state index in [4.69, 9.17) is 4.42 Å². The van der Waals surface area contributed by atoms with E-state index in [1.807, 2.05) is 21.7 Å². The maximum absolute atomic E-state index is 13.0. The second kappa shape index (κ2) is 7.21. The molecule has 0 aliphatic carbocycles. The monoisotopic (exact) mass is 370 g/mol. The Labute approximate surface area is 158 Å². The van der Waals surface area contributed by atoms with E-state index in [-0.39, 0.29) is 11.8 Å². The highest BCUT2D eigenvalue weighted by atomic mass is 16.4. The van der Waals surface area contributed by atoms with Gasteiger partial charge < -0.3 is 18.8 Å². The van der Waals surface area contributed by atoms with Gasteiger partial charge in [-0.1, -0.05) is 6.92 Å². The smallest absolute Gasteiger partial charge is 0.289 e. The number of amides is 2. The Morgan fingerprint density at radius 2 is 2.19 bits per heavy atom. The molecule has 1 spiro atoms. The fourth-order valence-corrected chi connectivity index (χ4v) is 4.35. The summed E-state index contributed by atoms with van der Waals surface area (Å²) in [5.74, 6) is 1.17. The van der Waals surface area contributed by atoms with Crippen LogP contribution >= 0.6 is 0 Å². The lowest BCUT2D eigenvalue weighted by Gasteiger charge is -2.39. The van der Waals surface area contributed by atoms with Gasteiger partial charge in [0.1, 0.15) is 5.76 Å². The minimum atomic E-state index is -0.394. The maximum Gasteiger partial charge on any atom is 0.289 e. The van der Waals surface area contributed by atoms with Crippen LogP contribution < -0.4 is 0 Å². The van der Waals surface area contributed by atoms with Crippen LogP contribution in [0.15, 0.2) is 35.3 Å². The molecule has 0 bridgehead atoms. The molecule has 4 rings (SSSR count). The number of imidazole rings is 1. The quantitative estimate of drug-likeness (QED) is 0.810. The highest BCUT2D eigenvalue weighted by Crippen LogP contribution is 2.40. The highest BCUT2D eigenvalue weighted by Gasteiger charge is 2.49. The third-order valence-electron chi connectivity index (χ3n) is 5.73. The van der Waals surface area contributed by atoms with Crippen LogP contribution in [0.1, 0.15) is 48.9 Å². The summed E-state index contributed by atoms with van der Waals surface area (Å²) < 4.78 is 7.65. The average Bonchev–Trinajstić information content (AvgIpc) is 3.41. The van der Waals surface area contributed by atoms with Gasteiger partial charge in [0.05, 0.1) is 18.3 Å². The molecule has 7 nitrogen and oxygen atoms in total. The Morgan fingerprint density at radius 1 is 1.30 bits per heavy atom. The van der Waals surface area contributed by atoms with Crippen molar-refractivity contribution in [1.82, 2.24) is 19.4 Å². The first-order valence-electron chi connectivity index (χ1n) is 9.74. The molecule has 2 aromatic heterocycles. The van der Waals surface area contributed by atoms with Crippen LogP contribution in [0.3, 0.4) is 0 Å². The maximum atomic E-state index is 13.0. The van der Waals surface area contributed by atoms with Crippen molar-refractivity contribution in [3.05, 3.63) is 42.4 Å². The minimum absolute atomic E-state index is 0.121. The molecule has 0 N–H and O–H groups in total. The first-order chi connectivity index (χ1) is 13.1. The standard InChI is InChI=1S/C20H26N4O3/c1-2-9-23-10-3-6-20(19(23)26)7-11-24(14-20)18(25)17-5-4-16(27-17)13-22-12-8-21-15-22/h4-5,8,12,15H,2-3,6-7,9-11,13-14H2,1H3/t20-/m0/s1. The second-order valence-corrected chi connectivity index (χ2v) is 7.65. The molecule has 2 saturated heterocycles. The molecule has 4 heterocycles. The van der Waals surface area contributed by atoms with Crippen molar-refractivity contribution in [2.24, 2.45) is 5.41 Å². The SMILES string of the molecule is CCCN1CCC[C@@]2(CCN(C(=O)c3ccc(Cn4ccnc4)o3)C2)C1=O. The number of piperidine rings is 1. The molecule has 2 fully saturated rings. The van der Waals surface area contributed by atoms with Crippen LogP contribution in [-0.4, -0.2) is 57.3 Å².